The summed E-state index contributed by atoms with van der Waals surface area (Å²) in [7, 11) is 0. The van der Waals surface area contributed by atoms with Gasteiger partial charge in [-0.2, -0.15) is 0 Å². The average molecular weight is 1090 g/mol. The number of hydrogen-bond acceptors (Lipinski definition) is 6. The fourth-order valence-electron chi connectivity index (χ4n) is 10.1. The number of carbonyl (C=O) groups excluding carboxylic acids is 3. The van der Waals surface area contributed by atoms with E-state index in [0.29, 0.717) is 19.3 Å². The Balaban J connectivity index is 4.22. The lowest BCUT2D eigenvalue weighted by atomic mass is 10.0. The minimum Gasteiger partial charge on any atom is -0.462 e. The van der Waals surface area contributed by atoms with Crippen LogP contribution in [0.1, 0.15) is 361 Å². The Hall–Kier alpha value is -2.89. The van der Waals surface area contributed by atoms with Gasteiger partial charge in [0.2, 0.25) is 0 Å². The fraction of sp³-hybridized carbons (Fsp3) is 0.819. The fourth-order valence-corrected chi connectivity index (χ4v) is 10.1. The molecule has 0 radical (unpaired) electrons. The van der Waals surface area contributed by atoms with Crippen LogP contribution in [-0.4, -0.2) is 37.2 Å². The molecule has 0 saturated carbocycles. The van der Waals surface area contributed by atoms with Gasteiger partial charge >= 0.3 is 17.9 Å². The maximum Gasteiger partial charge on any atom is 0.306 e. The van der Waals surface area contributed by atoms with Crippen LogP contribution < -0.4 is 0 Å². The highest BCUT2D eigenvalue weighted by Crippen LogP contribution is 2.18. The molecule has 0 fully saturated rings. The third-order valence-electron chi connectivity index (χ3n) is 15.3. The van der Waals surface area contributed by atoms with Crippen LogP contribution in [0.15, 0.2) is 60.8 Å². The Bertz CT molecular complexity index is 1390. The molecule has 1 atom stereocenters. The summed E-state index contributed by atoms with van der Waals surface area (Å²) in [6.45, 7) is 6.54. The topological polar surface area (TPSA) is 78.9 Å². The molecule has 78 heavy (non-hydrogen) atoms. The van der Waals surface area contributed by atoms with Gasteiger partial charge in [-0.25, -0.2) is 0 Å². The summed E-state index contributed by atoms with van der Waals surface area (Å²) in [6, 6.07) is 0. The van der Waals surface area contributed by atoms with Crippen molar-refractivity contribution < 1.29 is 28.6 Å². The average Bonchev–Trinajstić information content (AvgIpc) is 3.44. The molecule has 0 N–H and O–H groups in total. The summed E-state index contributed by atoms with van der Waals surface area (Å²) in [6.07, 6.45) is 85.4. The quantitative estimate of drug-likeness (QED) is 0.0261. The Kier molecular flexibility index (Phi) is 64.2. The van der Waals surface area contributed by atoms with Gasteiger partial charge in [0.05, 0.1) is 0 Å². The van der Waals surface area contributed by atoms with E-state index in [2.05, 4.69) is 81.5 Å². The Labute approximate surface area is 485 Å². The van der Waals surface area contributed by atoms with E-state index >= 15 is 0 Å². The lowest BCUT2D eigenvalue weighted by molar-refractivity contribution is -0.167. The third kappa shape index (κ3) is 63.9. The van der Waals surface area contributed by atoms with E-state index in [1.165, 1.54) is 218 Å². The van der Waals surface area contributed by atoms with Crippen LogP contribution in [0.25, 0.3) is 0 Å². The molecule has 0 aromatic rings. The minimum atomic E-state index is -0.790. The lowest BCUT2D eigenvalue weighted by Gasteiger charge is -2.18. The van der Waals surface area contributed by atoms with Gasteiger partial charge in [0.25, 0.3) is 0 Å². The molecule has 0 aliphatic heterocycles. The van der Waals surface area contributed by atoms with Gasteiger partial charge in [-0.05, 0) is 83.5 Å². The first kappa shape index (κ1) is 75.1. The highest BCUT2D eigenvalue weighted by Gasteiger charge is 2.19. The molecular formula is C72H130O6. The van der Waals surface area contributed by atoms with Crippen LogP contribution in [0, 0.1) is 0 Å². The molecule has 0 rings (SSSR count). The second-order valence-electron chi connectivity index (χ2n) is 23.1. The van der Waals surface area contributed by atoms with Crippen molar-refractivity contribution in [1.29, 1.82) is 0 Å². The number of ether oxygens (including phenoxy) is 3. The molecule has 6 nitrogen and oxygen atoms in total. The van der Waals surface area contributed by atoms with E-state index in [1.807, 2.05) is 0 Å². The summed E-state index contributed by atoms with van der Waals surface area (Å²) in [4.78, 5) is 38.3. The third-order valence-corrected chi connectivity index (χ3v) is 15.3. The Morgan fingerprint density at radius 1 is 0.269 bits per heavy atom. The zero-order valence-corrected chi connectivity index (χ0v) is 52.2. The number of allylic oxidation sites excluding steroid dienone is 10. The van der Waals surface area contributed by atoms with E-state index in [-0.39, 0.29) is 31.1 Å². The van der Waals surface area contributed by atoms with Crippen molar-refractivity contribution in [3.8, 4) is 0 Å². The maximum atomic E-state index is 12.9. The second kappa shape index (κ2) is 66.6. The summed E-state index contributed by atoms with van der Waals surface area (Å²) in [5.41, 5.74) is 0. The predicted molar refractivity (Wildman–Crippen MR) is 339 cm³/mol. The molecule has 1 unspecified atom stereocenters. The smallest absolute Gasteiger partial charge is 0.306 e. The lowest BCUT2D eigenvalue weighted by Crippen LogP contribution is -2.30. The van der Waals surface area contributed by atoms with E-state index in [4.69, 9.17) is 14.2 Å². The molecule has 6 heteroatoms. The molecule has 0 aliphatic carbocycles. The maximum absolute atomic E-state index is 12.9. The standard InChI is InChI=1S/C72H130O6/c1-4-7-10-13-16-19-22-25-28-30-31-32-33-34-35-36-37-38-39-40-41-43-44-47-50-53-56-59-62-65-71(74)77-68-69(67-76-70(73)64-61-58-55-52-49-46-27-24-21-18-15-12-9-6-3)78-72(75)66-63-60-57-54-51-48-45-42-29-26-23-20-17-14-11-8-5-2/h8,11,17,20,24,26-27,29,45,48,69H,4-7,9-10,12-16,18-19,21-23,25,28,30-44,46-47,49-68H2,1-3H3/b11-8-,20-17-,27-24-,29-26-,48-45-. The van der Waals surface area contributed by atoms with E-state index in [1.54, 1.807) is 0 Å². The van der Waals surface area contributed by atoms with Gasteiger partial charge in [0.15, 0.2) is 6.10 Å². The van der Waals surface area contributed by atoms with Crippen molar-refractivity contribution in [3.05, 3.63) is 60.8 Å². The minimum absolute atomic E-state index is 0.0837. The SMILES string of the molecule is CC/C=C\C/C=C\C/C=C\C/C=C\CCCCCCC(=O)OC(COC(=O)CCCCCCC/C=C\CCCCCCC)COC(=O)CCCCCCCCCCCCCCCCCCCCCCCCCCCCCCC. The monoisotopic (exact) mass is 1090 g/mol. The molecule has 0 aromatic heterocycles. The van der Waals surface area contributed by atoms with Crippen molar-refractivity contribution in [3.63, 3.8) is 0 Å². The number of rotatable bonds is 63. The highest BCUT2D eigenvalue weighted by molar-refractivity contribution is 5.71. The van der Waals surface area contributed by atoms with Crippen LogP contribution in [0.4, 0.5) is 0 Å². The van der Waals surface area contributed by atoms with Crippen LogP contribution in [0.2, 0.25) is 0 Å². The van der Waals surface area contributed by atoms with E-state index in [9.17, 15) is 14.4 Å². The Morgan fingerprint density at radius 3 is 0.795 bits per heavy atom. The first-order valence-corrected chi connectivity index (χ1v) is 34.3. The molecule has 0 bridgehead atoms. The van der Waals surface area contributed by atoms with Crippen LogP contribution in [-0.2, 0) is 28.6 Å². The summed E-state index contributed by atoms with van der Waals surface area (Å²) in [5, 5.41) is 0. The molecule has 0 saturated heterocycles. The molecule has 0 heterocycles. The normalized spacial score (nSPS) is 12.4. The van der Waals surface area contributed by atoms with Gasteiger partial charge in [-0.3, -0.25) is 14.4 Å². The van der Waals surface area contributed by atoms with Crippen LogP contribution >= 0.6 is 0 Å². The number of hydrogen-bond donors (Lipinski definition) is 0. The molecule has 0 aromatic carbocycles. The number of esters is 3. The van der Waals surface area contributed by atoms with Crippen LogP contribution in [0.5, 0.6) is 0 Å². The van der Waals surface area contributed by atoms with Gasteiger partial charge in [-0.15, -0.1) is 0 Å². The van der Waals surface area contributed by atoms with Gasteiger partial charge in [0, 0.05) is 19.3 Å². The summed E-state index contributed by atoms with van der Waals surface area (Å²) < 4.78 is 16.9. The molecule has 0 amide bonds. The molecule has 454 valence electrons. The first-order valence-electron chi connectivity index (χ1n) is 34.3. The highest BCUT2D eigenvalue weighted by atomic mass is 16.6. The van der Waals surface area contributed by atoms with Gasteiger partial charge < -0.3 is 14.2 Å². The zero-order valence-electron chi connectivity index (χ0n) is 52.2. The second-order valence-corrected chi connectivity index (χ2v) is 23.1. The number of carbonyl (C=O) groups is 3. The largest absolute Gasteiger partial charge is 0.462 e. The van der Waals surface area contributed by atoms with E-state index < -0.39 is 6.10 Å². The van der Waals surface area contributed by atoms with E-state index in [0.717, 1.165) is 103 Å². The summed E-state index contributed by atoms with van der Waals surface area (Å²) in [5.74, 6) is -0.897. The predicted octanol–water partition coefficient (Wildman–Crippen LogP) is 23.5. The van der Waals surface area contributed by atoms with Gasteiger partial charge in [-0.1, -0.05) is 319 Å². The van der Waals surface area contributed by atoms with Crippen molar-refractivity contribution in [2.24, 2.45) is 0 Å². The molecule has 0 aliphatic rings. The van der Waals surface area contributed by atoms with Crippen LogP contribution in [0.3, 0.4) is 0 Å². The number of unbranched alkanes of at least 4 members (excludes halogenated alkanes) is 42. The zero-order chi connectivity index (χ0) is 56.4. The molecular weight excluding hydrogens is 961 g/mol. The first-order chi connectivity index (χ1) is 38.5. The molecule has 0 spiro atoms. The van der Waals surface area contributed by atoms with Crippen molar-refractivity contribution in [2.75, 3.05) is 13.2 Å². The van der Waals surface area contributed by atoms with Gasteiger partial charge in [0.1, 0.15) is 13.2 Å². The van der Waals surface area contributed by atoms with Crippen molar-refractivity contribution >= 4 is 17.9 Å². The van der Waals surface area contributed by atoms with Crippen molar-refractivity contribution in [2.45, 2.75) is 367 Å². The summed E-state index contributed by atoms with van der Waals surface area (Å²) >= 11 is 0. The van der Waals surface area contributed by atoms with Crippen molar-refractivity contribution in [1.82, 2.24) is 0 Å². The Morgan fingerprint density at radius 2 is 0.500 bits per heavy atom.